The monoisotopic (exact) mass is 157 g/mol. The lowest BCUT2D eigenvalue weighted by Crippen LogP contribution is -2.27. The molecule has 1 atom stereocenters. The predicted octanol–water partition coefficient (Wildman–Crippen LogP) is 2.04. The third-order valence-electron chi connectivity index (χ3n) is 2.09. The lowest BCUT2D eigenvalue weighted by molar-refractivity contribution is -0.118. The molecule has 0 aliphatic heterocycles. The second-order valence-electron chi connectivity index (χ2n) is 3.12. The zero-order chi connectivity index (χ0) is 8.69. The summed E-state index contributed by atoms with van der Waals surface area (Å²) < 4.78 is 0. The van der Waals surface area contributed by atoms with E-state index in [1.165, 1.54) is 19.3 Å². The molecule has 0 aromatic heterocycles. The minimum atomic E-state index is 0.402. The Morgan fingerprint density at radius 3 is 2.55 bits per heavy atom. The second-order valence-corrected chi connectivity index (χ2v) is 3.12. The molecule has 0 rings (SSSR count). The smallest absolute Gasteiger partial charge is 0.209 e. The molecule has 0 N–H and O–H groups in total. The summed E-state index contributed by atoms with van der Waals surface area (Å²) in [5, 5.41) is 0. The van der Waals surface area contributed by atoms with Gasteiger partial charge in [-0.3, -0.25) is 4.79 Å². The normalized spacial score (nSPS) is 12.6. The minimum Gasteiger partial charge on any atom is -0.346 e. The lowest BCUT2D eigenvalue weighted by Gasteiger charge is -2.19. The van der Waals surface area contributed by atoms with Crippen molar-refractivity contribution in [2.45, 2.75) is 45.6 Å². The number of hydrogen-bond donors (Lipinski definition) is 0. The maximum atomic E-state index is 10.3. The molecule has 1 unspecified atom stereocenters. The lowest BCUT2D eigenvalue weighted by atomic mass is 10.1. The van der Waals surface area contributed by atoms with Crippen molar-refractivity contribution in [3.8, 4) is 0 Å². The van der Waals surface area contributed by atoms with E-state index in [0.717, 1.165) is 12.8 Å². The molecule has 0 aliphatic rings. The highest BCUT2D eigenvalue weighted by atomic mass is 16.1. The third kappa shape index (κ3) is 4.82. The average Bonchev–Trinajstić information content (AvgIpc) is 2.03. The van der Waals surface area contributed by atoms with Gasteiger partial charge in [-0.2, -0.15) is 0 Å². The highest BCUT2D eigenvalue weighted by Gasteiger charge is 2.04. The van der Waals surface area contributed by atoms with Crippen LogP contribution in [0, 0.1) is 0 Å². The Balaban J connectivity index is 3.35. The van der Waals surface area contributed by atoms with Gasteiger partial charge in [0.1, 0.15) is 0 Å². The number of amides is 1. The Morgan fingerprint density at radius 1 is 1.45 bits per heavy atom. The quantitative estimate of drug-likeness (QED) is 0.427. The zero-order valence-corrected chi connectivity index (χ0v) is 7.84. The highest BCUT2D eigenvalue weighted by Crippen LogP contribution is 2.06. The van der Waals surface area contributed by atoms with Gasteiger partial charge in [0, 0.05) is 13.1 Å². The van der Waals surface area contributed by atoms with E-state index in [-0.39, 0.29) is 0 Å². The van der Waals surface area contributed by atoms with Gasteiger partial charge in [-0.1, -0.05) is 26.2 Å². The maximum Gasteiger partial charge on any atom is 0.209 e. The van der Waals surface area contributed by atoms with Crippen LogP contribution in [0.3, 0.4) is 0 Å². The van der Waals surface area contributed by atoms with Crippen LogP contribution in [0.5, 0.6) is 0 Å². The summed E-state index contributed by atoms with van der Waals surface area (Å²) >= 11 is 0. The highest BCUT2D eigenvalue weighted by molar-refractivity contribution is 5.46. The van der Waals surface area contributed by atoms with Crippen molar-refractivity contribution in [3.05, 3.63) is 0 Å². The minimum absolute atomic E-state index is 0.402. The number of hydrogen-bond acceptors (Lipinski definition) is 1. The van der Waals surface area contributed by atoms with Gasteiger partial charge in [-0.15, -0.1) is 0 Å². The van der Waals surface area contributed by atoms with Crippen LogP contribution in [-0.4, -0.2) is 24.4 Å². The third-order valence-corrected chi connectivity index (χ3v) is 2.09. The van der Waals surface area contributed by atoms with Crippen LogP contribution in [0.4, 0.5) is 0 Å². The molecule has 0 saturated heterocycles. The number of nitrogens with zero attached hydrogens (tertiary/aromatic N) is 1. The van der Waals surface area contributed by atoms with Gasteiger partial charge in [0.2, 0.25) is 6.41 Å². The summed E-state index contributed by atoms with van der Waals surface area (Å²) in [5.74, 6) is 0. The molecule has 66 valence electrons. The van der Waals surface area contributed by atoms with Crippen LogP contribution in [0.2, 0.25) is 0 Å². The van der Waals surface area contributed by atoms with Crippen molar-refractivity contribution < 1.29 is 4.79 Å². The Bertz CT molecular complexity index is 104. The molecule has 11 heavy (non-hydrogen) atoms. The van der Waals surface area contributed by atoms with Crippen LogP contribution in [0.1, 0.15) is 39.5 Å². The van der Waals surface area contributed by atoms with E-state index in [2.05, 4.69) is 13.8 Å². The van der Waals surface area contributed by atoms with Gasteiger partial charge in [-0.05, 0) is 13.3 Å². The SMILES string of the molecule is CCCCCC(C)N(C)C=O. The van der Waals surface area contributed by atoms with E-state index in [4.69, 9.17) is 0 Å². The van der Waals surface area contributed by atoms with Gasteiger partial charge in [-0.25, -0.2) is 0 Å². The fraction of sp³-hybridized carbons (Fsp3) is 0.889. The molecule has 0 spiro atoms. The van der Waals surface area contributed by atoms with Crippen molar-refractivity contribution in [1.82, 2.24) is 4.90 Å². The molecule has 0 bridgehead atoms. The van der Waals surface area contributed by atoms with Crippen molar-refractivity contribution in [2.24, 2.45) is 0 Å². The first-order valence-electron chi connectivity index (χ1n) is 4.39. The molecule has 0 aromatic carbocycles. The first-order chi connectivity index (χ1) is 5.22. The van der Waals surface area contributed by atoms with Crippen molar-refractivity contribution in [3.63, 3.8) is 0 Å². The molecule has 0 aromatic rings. The van der Waals surface area contributed by atoms with Crippen molar-refractivity contribution in [1.29, 1.82) is 0 Å². The van der Waals surface area contributed by atoms with E-state index < -0.39 is 0 Å². The second kappa shape index (κ2) is 6.20. The number of unbranched alkanes of at least 4 members (excludes halogenated alkanes) is 2. The number of carbonyl (C=O) groups excluding carboxylic acids is 1. The Kier molecular flexibility index (Phi) is 5.90. The fourth-order valence-electron chi connectivity index (χ4n) is 0.997. The Morgan fingerprint density at radius 2 is 2.09 bits per heavy atom. The number of rotatable bonds is 6. The summed E-state index contributed by atoms with van der Waals surface area (Å²) in [6.07, 6.45) is 5.78. The zero-order valence-electron chi connectivity index (χ0n) is 7.84. The summed E-state index contributed by atoms with van der Waals surface area (Å²) in [5.41, 5.74) is 0. The summed E-state index contributed by atoms with van der Waals surface area (Å²) in [7, 11) is 1.84. The van der Waals surface area contributed by atoms with E-state index in [0.29, 0.717) is 6.04 Å². The Hall–Kier alpha value is -0.530. The Labute approximate surface area is 69.6 Å². The number of carbonyl (C=O) groups is 1. The van der Waals surface area contributed by atoms with Gasteiger partial charge < -0.3 is 4.90 Å². The van der Waals surface area contributed by atoms with Crippen LogP contribution in [0.15, 0.2) is 0 Å². The van der Waals surface area contributed by atoms with Crippen LogP contribution >= 0.6 is 0 Å². The summed E-state index contributed by atoms with van der Waals surface area (Å²) in [4.78, 5) is 12.0. The van der Waals surface area contributed by atoms with Crippen molar-refractivity contribution >= 4 is 6.41 Å². The largest absolute Gasteiger partial charge is 0.346 e. The molecule has 0 heterocycles. The first kappa shape index (κ1) is 10.5. The van der Waals surface area contributed by atoms with Gasteiger partial charge in [0.05, 0.1) is 0 Å². The van der Waals surface area contributed by atoms with Gasteiger partial charge in [0.15, 0.2) is 0 Å². The summed E-state index contributed by atoms with van der Waals surface area (Å²) in [6, 6.07) is 0.402. The molecule has 2 nitrogen and oxygen atoms in total. The standard InChI is InChI=1S/C9H19NO/c1-4-5-6-7-9(2)10(3)8-11/h8-9H,4-7H2,1-3H3. The van der Waals surface area contributed by atoms with Crippen LogP contribution < -0.4 is 0 Å². The molecule has 0 saturated carbocycles. The molecule has 1 amide bonds. The summed E-state index contributed by atoms with van der Waals surface area (Å²) in [6.45, 7) is 4.28. The van der Waals surface area contributed by atoms with Gasteiger partial charge in [0.25, 0.3) is 0 Å². The first-order valence-corrected chi connectivity index (χ1v) is 4.39. The van der Waals surface area contributed by atoms with E-state index >= 15 is 0 Å². The van der Waals surface area contributed by atoms with E-state index in [1.54, 1.807) is 4.90 Å². The molecule has 2 heteroatoms. The van der Waals surface area contributed by atoms with E-state index in [1.807, 2.05) is 7.05 Å². The predicted molar refractivity (Wildman–Crippen MR) is 47.4 cm³/mol. The van der Waals surface area contributed by atoms with Gasteiger partial charge >= 0.3 is 0 Å². The molecule has 0 aliphatic carbocycles. The molecular formula is C9H19NO. The van der Waals surface area contributed by atoms with E-state index in [9.17, 15) is 4.79 Å². The molecule has 0 fully saturated rings. The van der Waals surface area contributed by atoms with Crippen molar-refractivity contribution in [2.75, 3.05) is 7.05 Å². The topological polar surface area (TPSA) is 20.3 Å². The maximum absolute atomic E-state index is 10.3. The van der Waals surface area contributed by atoms with Crippen LogP contribution in [-0.2, 0) is 4.79 Å². The average molecular weight is 157 g/mol. The molecular weight excluding hydrogens is 138 g/mol. The molecule has 0 radical (unpaired) electrons. The fourth-order valence-corrected chi connectivity index (χ4v) is 0.997. The van der Waals surface area contributed by atoms with Crippen LogP contribution in [0.25, 0.3) is 0 Å².